The van der Waals surface area contributed by atoms with E-state index in [1.807, 2.05) is 54.6 Å². The fourth-order valence-electron chi connectivity index (χ4n) is 3.90. The van der Waals surface area contributed by atoms with Crippen LogP contribution >= 0.6 is 11.6 Å². The van der Waals surface area contributed by atoms with Gasteiger partial charge in [-0.05, 0) is 46.7 Å². The fourth-order valence-corrected chi connectivity index (χ4v) is 5.08. The Morgan fingerprint density at radius 2 is 1.53 bits per heavy atom. The molecule has 0 atom stereocenters. The lowest BCUT2D eigenvalue weighted by molar-refractivity contribution is -0.139. The first kappa shape index (κ1) is 25.4. The number of carboxylic acids is 1. The SMILES string of the molecule is O=C(O)COc1cccc2c(CCNS(=O)(=O)/C=C(\c3ccccc3)c3ccc(Cl)cc3)cccc12. The number of fused-ring (bicyclic) bond motifs is 1. The predicted octanol–water partition coefficient (Wildman–Crippen LogP) is 5.51. The van der Waals surface area contributed by atoms with Crippen molar-refractivity contribution in [2.45, 2.75) is 6.42 Å². The Hall–Kier alpha value is -3.65. The van der Waals surface area contributed by atoms with Gasteiger partial charge >= 0.3 is 5.97 Å². The van der Waals surface area contributed by atoms with E-state index < -0.39 is 22.6 Å². The molecule has 0 aliphatic heterocycles. The number of rotatable bonds is 10. The van der Waals surface area contributed by atoms with Crippen LogP contribution in [-0.2, 0) is 21.2 Å². The Labute approximate surface area is 214 Å². The maximum Gasteiger partial charge on any atom is 0.341 e. The highest BCUT2D eigenvalue weighted by Gasteiger charge is 2.13. The minimum atomic E-state index is -3.77. The molecule has 0 aliphatic carbocycles. The smallest absolute Gasteiger partial charge is 0.341 e. The van der Waals surface area contributed by atoms with Gasteiger partial charge in [-0.15, -0.1) is 0 Å². The maximum atomic E-state index is 13.0. The molecule has 4 aromatic rings. The van der Waals surface area contributed by atoms with Gasteiger partial charge in [0.25, 0.3) is 0 Å². The Morgan fingerprint density at radius 1 is 0.861 bits per heavy atom. The van der Waals surface area contributed by atoms with Crippen molar-refractivity contribution in [3.8, 4) is 5.75 Å². The molecule has 0 spiro atoms. The van der Waals surface area contributed by atoms with E-state index in [2.05, 4.69) is 4.72 Å². The summed E-state index contributed by atoms with van der Waals surface area (Å²) >= 11 is 6.02. The molecule has 0 aromatic heterocycles. The van der Waals surface area contributed by atoms with Crippen LogP contribution in [0.3, 0.4) is 0 Å². The topological polar surface area (TPSA) is 92.7 Å². The molecule has 0 bridgehead atoms. The Kier molecular flexibility index (Phi) is 8.05. The Balaban J connectivity index is 1.55. The van der Waals surface area contributed by atoms with Crippen LogP contribution in [0.25, 0.3) is 16.3 Å². The van der Waals surface area contributed by atoms with E-state index in [0.717, 1.165) is 27.5 Å². The zero-order valence-electron chi connectivity index (χ0n) is 19.2. The van der Waals surface area contributed by atoms with Crippen molar-refractivity contribution < 1.29 is 23.1 Å². The van der Waals surface area contributed by atoms with E-state index >= 15 is 0 Å². The van der Waals surface area contributed by atoms with Gasteiger partial charge in [-0.25, -0.2) is 17.9 Å². The molecule has 6 nitrogen and oxygen atoms in total. The summed E-state index contributed by atoms with van der Waals surface area (Å²) in [5.74, 6) is -0.588. The molecule has 0 unspecified atom stereocenters. The van der Waals surface area contributed by atoms with Crippen molar-refractivity contribution in [1.82, 2.24) is 4.72 Å². The van der Waals surface area contributed by atoms with Gasteiger partial charge in [0, 0.05) is 22.5 Å². The van der Waals surface area contributed by atoms with Gasteiger partial charge in [0.05, 0.1) is 5.41 Å². The lowest BCUT2D eigenvalue weighted by atomic mass is 10.00. The highest BCUT2D eigenvalue weighted by atomic mass is 35.5. The molecule has 0 heterocycles. The number of benzene rings is 4. The number of hydrogen-bond donors (Lipinski definition) is 2. The standard InChI is InChI=1S/C28H24ClNO5S/c29-23-14-12-22(13-15-23)26(20-6-2-1-3-7-20)19-36(33,34)30-17-16-21-8-4-10-25-24(21)9-5-11-27(25)35-18-28(31)32/h1-15,19,30H,16-18H2,(H,31,32)/b26-19+. The average molecular weight is 522 g/mol. The average Bonchev–Trinajstić information content (AvgIpc) is 2.87. The van der Waals surface area contributed by atoms with E-state index in [0.29, 0.717) is 22.8 Å². The largest absolute Gasteiger partial charge is 0.481 e. The van der Waals surface area contributed by atoms with Crippen LogP contribution in [-0.4, -0.2) is 32.6 Å². The van der Waals surface area contributed by atoms with Gasteiger partial charge < -0.3 is 9.84 Å². The number of ether oxygens (including phenoxy) is 1. The molecular weight excluding hydrogens is 498 g/mol. The molecule has 2 N–H and O–H groups in total. The third kappa shape index (κ3) is 6.51. The number of carbonyl (C=O) groups is 1. The number of hydrogen-bond acceptors (Lipinski definition) is 4. The van der Waals surface area contributed by atoms with Crippen LogP contribution in [0.4, 0.5) is 0 Å². The van der Waals surface area contributed by atoms with Gasteiger partial charge in [-0.1, -0.05) is 84.4 Å². The van der Waals surface area contributed by atoms with E-state index in [9.17, 15) is 13.2 Å². The molecule has 0 fully saturated rings. The Morgan fingerprint density at radius 3 is 2.25 bits per heavy atom. The Bertz CT molecular complexity index is 1500. The third-order valence-electron chi connectivity index (χ3n) is 5.53. The predicted molar refractivity (Wildman–Crippen MR) is 143 cm³/mol. The van der Waals surface area contributed by atoms with Crippen molar-refractivity contribution in [2.24, 2.45) is 0 Å². The molecule has 0 saturated carbocycles. The molecule has 8 heteroatoms. The van der Waals surface area contributed by atoms with E-state index in [4.69, 9.17) is 21.4 Å². The summed E-state index contributed by atoms with van der Waals surface area (Å²) in [6.45, 7) is -0.256. The minimum absolute atomic E-state index is 0.181. The number of sulfonamides is 1. The summed E-state index contributed by atoms with van der Waals surface area (Å²) in [6, 6.07) is 27.3. The van der Waals surface area contributed by atoms with Gasteiger partial charge in [0.15, 0.2) is 6.61 Å². The molecule has 4 aromatic carbocycles. The first-order valence-electron chi connectivity index (χ1n) is 11.2. The van der Waals surface area contributed by atoms with E-state index in [1.54, 1.807) is 36.4 Å². The van der Waals surface area contributed by atoms with Crippen molar-refractivity contribution in [3.63, 3.8) is 0 Å². The third-order valence-corrected chi connectivity index (χ3v) is 6.94. The highest BCUT2D eigenvalue weighted by molar-refractivity contribution is 7.92. The molecule has 0 radical (unpaired) electrons. The second-order valence-electron chi connectivity index (χ2n) is 8.04. The molecule has 0 aliphatic rings. The molecule has 0 saturated heterocycles. The van der Waals surface area contributed by atoms with Gasteiger partial charge in [-0.3, -0.25) is 0 Å². The lowest BCUT2D eigenvalue weighted by Gasteiger charge is -2.12. The van der Waals surface area contributed by atoms with Crippen LogP contribution in [0.15, 0.2) is 96.4 Å². The van der Waals surface area contributed by atoms with Crippen LogP contribution in [0.1, 0.15) is 16.7 Å². The number of carboxylic acid groups (broad SMARTS) is 1. The molecule has 36 heavy (non-hydrogen) atoms. The minimum Gasteiger partial charge on any atom is -0.481 e. The van der Waals surface area contributed by atoms with Crippen LogP contribution in [0.5, 0.6) is 5.75 Å². The van der Waals surface area contributed by atoms with Gasteiger partial charge in [0.1, 0.15) is 5.75 Å². The summed E-state index contributed by atoms with van der Waals surface area (Å²) in [6.07, 6.45) is 0.439. The van der Waals surface area contributed by atoms with Crippen molar-refractivity contribution in [2.75, 3.05) is 13.2 Å². The molecule has 0 amide bonds. The summed E-state index contributed by atoms with van der Waals surface area (Å²) in [7, 11) is -3.77. The first-order chi connectivity index (χ1) is 17.3. The van der Waals surface area contributed by atoms with Crippen molar-refractivity contribution in [3.05, 3.63) is 118 Å². The first-order valence-corrected chi connectivity index (χ1v) is 13.1. The quantitative estimate of drug-likeness (QED) is 0.287. The van der Waals surface area contributed by atoms with Crippen LogP contribution < -0.4 is 9.46 Å². The van der Waals surface area contributed by atoms with Crippen molar-refractivity contribution in [1.29, 1.82) is 0 Å². The number of aliphatic carboxylic acids is 1. The zero-order chi connectivity index (χ0) is 25.5. The summed E-state index contributed by atoms with van der Waals surface area (Å²) in [4.78, 5) is 10.9. The fraction of sp³-hybridized carbons (Fsp3) is 0.107. The molecular formula is C28H24ClNO5S. The lowest BCUT2D eigenvalue weighted by Crippen LogP contribution is -2.24. The summed E-state index contributed by atoms with van der Waals surface area (Å²) in [5, 5.41) is 12.4. The second kappa shape index (κ2) is 11.4. The van der Waals surface area contributed by atoms with Gasteiger partial charge in [-0.2, -0.15) is 0 Å². The van der Waals surface area contributed by atoms with E-state index in [1.165, 1.54) is 5.41 Å². The van der Waals surface area contributed by atoms with Gasteiger partial charge in [0.2, 0.25) is 10.0 Å². The van der Waals surface area contributed by atoms with E-state index in [-0.39, 0.29) is 6.54 Å². The second-order valence-corrected chi connectivity index (χ2v) is 10.1. The number of halogens is 1. The summed E-state index contributed by atoms with van der Waals surface area (Å²) < 4.78 is 34.1. The summed E-state index contributed by atoms with van der Waals surface area (Å²) in [5.41, 5.74) is 2.98. The maximum absolute atomic E-state index is 13.0. The van der Waals surface area contributed by atoms with Crippen molar-refractivity contribution >= 4 is 43.9 Å². The van der Waals surface area contributed by atoms with Crippen LogP contribution in [0.2, 0.25) is 5.02 Å². The number of nitrogens with one attached hydrogen (secondary N) is 1. The monoisotopic (exact) mass is 521 g/mol. The molecule has 4 rings (SSSR count). The molecule has 184 valence electrons. The zero-order valence-corrected chi connectivity index (χ0v) is 20.8. The highest BCUT2D eigenvalue weighted by Crippen LogP contribution is 2.29. The van der Waals surface area contributed by atoms with Crippen LogP contribution in [0, 0.1) is 0 Å². The normalized spacial score (nSPS) is 12.0.